The first-order chi connectivity index (χ1) is 13.1. The van der Waals surface area contributed by atoms with Crippen molar-refractivity contribution in [1.82, 2.24) is 14.8 Å². The molecule has 1 aliphatic rings. The van der Waals surface area contributed by atoms with E-state index in [0.717, 1.165) is 0 Å². The summed E-state index contributed by atoms with van der Waals surface area (Å²) < 4.78 is 21.1. The zero-order valence-corrected chi connectivity index (χ0v) is 14.9. The van der Waals surface area contributed by atoms with Crippen LogP contribution in [0.4, 0.5) is 10.3 Å². The molecule has 27 heavy (non-hydrogen) atoms. The third-order valence-electron chi connectivity index (χ3n) is 4.34. The van der Waals surface area contributed by atoms with Crippen molar-refractivity contribution in [3.63, 3.8) is 0 Å². The van der Waals surface area contributed by atoms with Gasteiger partial charge in [0.15, 0.2) is 0 Å². The number of ether oxygens (including phenoxy) is 1. The number of aromatic nitrogens is 3. The van der Waals surface area contributed by atoms with E-state index in [1.807, 2.05) is 0 Å². The van der Waals surface area contributed by atoms with E-state index in [1.165, 1.54) is 24.2 Å². The van der Waals surface area contributed by atoms with Crippen molar-refractivity contribution in [1.29, 1.82) is 0 Å². The number of nitrogens with zero attached hydrogens (tertiary/aromatic N) is 3. The second kappa shape index (κ2) is 6.85. The maximum atomic E-state index is 14.6. The van der Waals surface area contributed by atoms with E-state index in [1.54, 1.807) is 42.5 Å². The normalized spacial score (nSPS) is 15.9. The van der Waals surface area contributed by atoms with Gasteiger partial charge in [-0.15, -0.1) is 0 Å². The molecular formula is C19H14ClFN4O2. The predicted molar refractivity (Wildman–Crippen MR) is 98.6 cm³/mol. The van der Waals surface area contributed by atoms with Gasteiger partial charge in [0.05, 0.1) is 18.4 Å². The summed E-state index contributed by atoms with van der Waals surface area (Å²) in [7, 11) is 1.28. The average molecular weight is 385 g/mol. The summed E-state index contributed by atoms with van der Waals surface area (Å²) in [5.74, 6) is -0.662. The number of fused-ring (bicyclic) bond motifs is 1. The molecule has 1 aromatic heterocycles. The maximum absolute atomic E-state index is 14.6. The Kier molecular flexibility index (Phi) is 4.37. The summed E-state index contributed by atoms with van der Waals surface area (Å²) in [4.78, 5) is 16.9. The van der Waals surface area contributed by atoms with Gasteiger partial charge in [-0.05, 0) is 23.8 Å². The van der Waals surface area contributed by atoms with Gasteiger partial charge in [0.1, 0.15) is 18.2 Å². The standard InChI is InChI=1S/C19H14ClFN4O2/c1-27-18(26)15-16(11-6-8-12(20)9-7-11)24-19-22-10-23-25(19)17(15)13-4-2-3-5-14(13)21/h2-10,17H,1H3,(H,22,23,24)/t17-/m1/s1. The van der Waals surface area contributed by atoms with Crippen molar-refractivity contribution >= 4 is 29.2 Å². The highest BCUT2D eigenvalue weighted by atomic mass is 35.5. The van der Waals surface area contributed by atoms with Gasteiger partial charge in [0.2, 0.25) is 5.95 Å². The van der Waals surface area contributed by atoms with E-state index < -0.39 is 17.8 Å². The Hall–Kier alpha value is -3.19. The molecule has 6 nitrogen and oxygen atoms in total. The topological polar surface area (TPSA) is 69.0 Å². The van der Waals surface area contributed by atoms with Gasteiger partial charge >= 0.3 is 5.97 Å². The fourth-order valence-electron chi connectivity index (χ4n) is 3.12. The Labute approximate surface area is 159 Å². The zero-order chi connectivity index (χ0) is 19.0. The lowest BCUT2D eigenvalue weighted by molar-refractivity contribution is -0.136. The number of halogens is 2. The molecule has 0 saturated heterocycles. The van der Waals surface area contributed by atoms with Crippen LogP contribution in [0.3, 0.4) is 0 Å². The number of rotatable bonds is 3. The lowest BCUT2D eigenvalue weighted by Crippen LogP contribution is -2.30. The van der Waals surface area contributed by atoms with E-state index in [9.17, 15) is 9.18 Å². The molecule has 0 spiro atoms. The summed E-state index contributed by atoms with van der Waals surface area (Å²) in [5, 5.41) is 7.84. The Morgan fingerprint density at radius 1 is 1.22 bits per heavy atom. The smallest absolute Gasteiger partial charge is 0.338 e. The van der Waals surface area contributed by atoms with E-state index in [0.29, 0.717) is 22.2 Å². The van der Waals surface area contributed by atoms with Crippen LogP contribution in [0, 0.1) is 5.82 Å². The van der Waals surface area contributed by atoms with Crippen LogP contribution in [0.2, 0.25) is 5.02 Å². The van der Waals surface area contributed by atoms with Crippen LogP contribution in [0.5, 0.6) is 0 Å². The fraction of sp³-hybridized carbons (Fsp3) is 0.105. The maximum Gasteiger partial charge on any atom is 0.338 e. The highest BCUT2D eigenvalue weighted by Crippen LogP contribution is 2.39. The van der Waals surface area contributed by atoms with Crippen molar-refractivity contribution < 1.29 is 13.9 Å². The molecule has 0 aliphatic carbocycles. The molecule has 0 saturated carbocycles. The van der Waals surface area contributed by atoms with E-state index >= 15 is 0 Å². The first kappa shape index (κ1) is 17.2. The summed E-state index contributed by atoms with van der Waals surface area (Å²) in [5.41, 5.74) is 1.67. The monoisotopic (exact) mass is 384 g/mol. The molecule has 2 heterocycles. The molecular weight excluding hydrogens is 371 g/mol. The van der Waals surface area contributed by atoms with Crippen molar-refractivity contribution in [2.75, 3.05) is 12.4 Å². The number of nitrogens with one attached hydrogen (secondary N) is 1. The summed E-state index contributed by atoms with van der Waals surface area (Å²) in [6.07, 6.45) is 1.34. The SMILES string of the molecule is COC(=O)C1=C(c2ccc(Cl)cc2)Nc2ncnn2[C@@H]1c1ccccc1F. The summed E-state index contributed by atoms with van der Waals surface area (Å²) in [6, 6.07) is 12.3. The third kappa shape index (κ3) is 2.96. The van der Waals surface area contributed by atoms with Crippen LogP contribution in [0.1, 0.15) is 17.2 Å². The van der Waals surface area contributed by atoms with Crippen molar-refractivity contribution in [3.05, 3.63) is 82.4 Å². The predicted octanol–water partition coefficient (Wildman–Crippen LogP) is 3.67. The van der Waals surface area contributed by atoms with E-state index in [2.05, 4.69) is 15.4 Å². The lowest BCUT2D eigenvalue weighted by atomic mass is 9.92. The average Bonchev–Trinajstić information content (AvgIpc) is 3.15. The molecule has 0 bridgehead atoms. The molecule has 0 fully saturated rings. The molecule has 1 atom stereocenters. The van der Waals surface area contributed by atoms with Gasteiger partial charge < -0.3 is 10.1 Å². The number of esters is 1. The van der Waals surface area contributed by atoms with Gasteiger partial charge in [-0.3, -0.25) is 0 Å². The van der Waals surface area contributed by atoms with Crippen LogP contribution in [-0.4, -0.2) is 27.8 Å². The van der Waals surface area contributed by atoms with Crippen LogP contribution >= 0.6 is 11.6 Å². The molecule has 8 heteroatoms. The molecule has 2 aromatic carbocycles. The van der Waals surface area contributed by atoms with Gasteiger partial charge in [-0.1, -0.05) is 41.9 Å². The summed E-state index contributed by atoms with van der Waals surface area (Å²) in [6.45, 7) is 0. The highest BCUT2D eigenvalue weighted by Gasteiger charge is 2.37. The molecule has 4 rings (SSSR count). The summed E-state index contributed by atoms with van der Waals surface area (Å²) >= 11 is 5.98. The minimum Gasteiger partial charge on any atom is -0.466 e. The Morgan fingerprint density at radius 2 is 1.96 bits per heavy atom. The van der Waals surface area contributed by atoms with Gasteiger partial charge in [-0.25, -0.2) is 13.9 Å². The number of hydrogen-bond acceptors (Lipinski definition) is 5. The quantitative estimate of drug-likeness (QED) is 0.698. The largest absolute Gasteiger partial charge is 0.466 e. The van der Waals surface area contributed by atoms with Gasteiger partial charge in [0, 0.05) is 10.6 Å². The molecule has 136 valence electrons. The highest BCUT2D eigenvalue weighted by molar-refractivity contribution is 6.30. The van der Waals surface area contributed by atoms with Crippen LogP contribution in [0.25, 0.3) is 5.70 Å². The van der Waals surface area contributed by atoms with E-state index in [4.69, 9.17) is 16.3 Å². The Balaban J connectivity index is 2.00. The molecule has 1 N–H and O–H groups in total. The number of methoxy groups -OCH3 is 1. The molecule has 0 radical (unpaired) electrons. The second-order valence-electron chi connectivity index (χ2n) is 5.86. The zero-order valence-electron chi connectivity index (χ0n) is 14.2. The van der Waals surface area contributed by atoms with Crippen LogP contribution in [-0.2, 0) is 9.53 Å². The number of carbonyl (C=O) groups is 1. The lowest BCUT2D eigenvalue weighted by Gasteiger charge is -2.29. The van der Waals surface area contributed by atoms with Crippen molar-refractivity contribution in [3.8, 4) is 0 Å². The fourth-order valence-corrected chi connectivity index (χ4v) is 3.24. The Morgan fingerprint density at radius 3 is 2.67 bits per heavy atom. The molecule has 0 amide bonds. The van der Waals surface area contributed by atoms with Crippen LogP contribution < -0.4 is 5.32 Å². The molecule has 1 aliphatic heterocycles. The number of carbonyl (C=O) groups excluding carboxylic acids is 1. The van der Waals surface area contributed by atoms with E-state index in [-0.39, 0.29) is 11.1 Å². The number of anilines is 1. The third-order valence-corrected chi connectivity index (χ3v) is 4.59. The first-order valence-electron chi connectivity index (χ1n) is 8.09. The minimum atomic E-state index is -0.830. The van der Waals surface area contributed by atoms with Crippen LogP contribution in [0.15, 0.2) is 60.4 Å². The number of benzene rings is 2. The number of hydrogen-bond donors (Lipinski definition) is 1. The molecule has 3 aromatic rings. The van der Waals surface area contributed by atoms with Crippen molar-refractivity contribution in [2.24, 2.45) is 0 Å². The molecule has 0 unspecified atom stereocenters. The first-order valence-corrected chi connectivity index (χ1v) is 8.47. The second-order valence-corrected chi connectivity index (χ2v) is 6.30. The van der Waals surface area contributed by atoms with Gasteiger partial charge in [0.25, 0.3) is 0 Å². The minimum absolute atomic E-state index is 0.225. The Bertz CT molecular complexity index is 1050. The van der Waals surface area contributed by atoms with Gasteiger partial charge in [-0.2, -0.15) is 10.1 Å². The van der Waals surface area contributed by atoms with Crippen molar-refractivity contribution in [2.45, 2.75) is 6.04 Å².